The molecule has 4 nitrogen and oxygen atoms in total. The molecule has 0 unspecified atom stereocenters. The Morgan fingerprint density at radius 2 is 2.21 bits per heavy atom. The lowest BCUT2D eigenvalue weighted by Gasteiger charge is -1.82. The first kappa shape index (κ1) is 8.41. The van der Waals surface area contributed by atoms with Gasteiger partial charge in [-0.2, -0.15) is 4.79 Å². The third-order valence-corrected chi connectivity index (χ3v) is 1.84. The van der Waals surface area contributed by atoms with E-state index < -0.39 is 5.78 Å². The first-order valence-corrected chi connectivity index (χ1v) is 4.01. The smallest absolute Gasteiger partial charge is 0.331 e. The Balaban J connectivity index is 2.55. The summed E-state index contributed by atoms with van der Waals surface area (Å²) in [5, 5.41) is 0.849. The zero-order valence-corrected chi connectivity index (χ0v) is 7.18. The van der Waals surface area contributed by atoms with Crippen LogP contribution in [0.1, 0.15) is 10.6 Å². The Bertz CT molecular complexity index is 503. The molecule has 0 saturated heterocycles. The summed E-state index contributed by atoms with van der Waals surface area (Å²) >= 11 is 0. The molecule has 0 N–H and O–H groups in total. The predicted octanol–water partition coefficient (Wildman–Crippen LogP) is 1.92. The molecule has 2 aromatic rings. The molecule has 2 rings (SSSR count). The highest BCUT2D eigenvalue weighted by Gasteiger charge is 2.12. The van der Waals surface area contributed by atoms with Gasteiger partial charge in [-0.1, -0.05) is 18.2 Å². The summed E-state index contributed by atoms with van der Waals surface area (Å²) in [6.45, 7) is 0. The number of Topliss-reactive ketones (excluding diaryl/α,β-unsaturated/α-hetero) is 1. The number of rotatable bonds is 2. The maximum atomic E-state index is 11.2. The summed E-state index contributed by atoms with van der Waals surface area (Å²) in [4.78, 5) is 13.9. The molecule has 0 spiro atoms. The van der Waals surface area contributed by atoms with E-state index in [0.29, 0.717) is 5.58 Å². The van der Waals surface area contributed by atoms with Gasteiger partial charge in [-0.25, -0.2) is 0 Å². The fourth-order valence-corrected chi connectivity index (χ4v) is 1.22. The molecule has 68 valence electrons. The minimum atomic E-state index is -0.455. The van der Waals surface area contributed by atoms with E-state index in [4.69, 9.17) is 9.95 Å². The standard InChI is InChI=1S/C10H6N2O2/c11-12-6-8(13)10-5-7-3-1-2-4-9(7)14-10/h1-6H. The van der Waals surface area contributed by atoms with Crippen LogP contribution in [-0.2, 0) is 0 Å². The summed E-state index contributed by atoms with van der Waals surface area (Å²) in [6, 6.07) is 8.89. The number of fused-ring (bicyclic) bond motifs is 1. The number of hydrogen-bond acceptors (Lipinski definition) is 2. The largest absolute Gasteiger partial charge is 0.452 e. The molecule has 0 aliphatic carbocycles. The third kappa shape index (κ3) is 1.34. The van der Waals surface area contributed by atoms with Crippen molar-refractivity contribution in [1.82, 2.24) is 0 Å². The van der Waals surface area contributed by atoms with Crippen molar-refractivity contribution in [2.24, 2.45) is 0 Å². The van der Waals surface area contributed by atoms with Gasteiger partial charge in [0, 0.05) is 5.39 Å². The molecule has 0 fully saturated rings. The first-order valence-electron chi connectivity index (χ1n) is 4.01. The van der Waals surface area contributed by atoms with Crippen LogP contribution in [0.2, 0.25) is 0 Å². The van der Waals surface area contributed by atoms with Crippen LogP contribution in [0.4, 0.5) is 0 Å². The Labute approximate surface area is 79.4 Å². The van der Waals surface area contributed by atoms with E-state index in [1.54, 1.807) is 12.1 Å². The molecule has 1 heterocycles. The van der Waals surface area contributed by atoms with E-state index in [9.17, 15) is 4.79 Å². The second-order valence-electron chi connectivity index (χ2n) is 2.76. The van der Waals surface area contributed by atoms with E-state index in [0.717, 1.165) is 11.6 Å². The second-order valence-corrected chi connectivity index (χ2v) is 2.76. The van der Waals surface area contributed by atoms with Gasteiger partial charge in [0.1, 0.15) is 5.58 Å². The highest BCUT2D eigenvalue weighted by molar-refractivity contribution is 6.32. The van der Waals surface area contributed by atoms with Crippen molar-refractivity contribution in [3.8, 4) is 0 Å². The molecule has 1 aromatic carbocycles. The normalized spacial score (nSPS) is 9.71. The maximum Gasteiger partial charge on any atom is 0.331 e. The summed E-state index contributed by atoms with van der Waals surface area (Å²) in [7, 11) is 0. The SMILES string of the molecule is [N-]=[N+]=CC(=O)c1cc2ccccc2o1. The molecule has 0 atom stereocenters. The van der Waals surface area contributed by atoms with Crippen molar-refractivity contribution in [2.75, 3.05) is 0 Å². The van der Waals surface area contributed by atoms with Gasteiger partial charge in [-0.05, 0) is 12.1 Å². The van der Waals surface area contributed by atoms with Crippen molar-refractivity contribution >= 4 is 23.0 Å². The minimum Gasteiger partial charge on any atom is -0.452 e. The molecule has 0 saturated carbocycles. The summed E-state index contributed by atoms with van der Waals surface area (Å²) < 4.78 is 5.23. The number of nitrogens with zero attached hydrogens (tertiary/aromatic N) is 2. The van der Waals surface area contributed by atoms with Gasteiger partial charge in [0.2, 0.25) is 0 Å². The highest BCUT2D eigenvalue weighted by Crippen LogP contribution is 2.18. The minimum absolute atomic E-state index is 0.170. The quantitative estimate of drug-likeness (QED) is 0.311. The van der Waals surface area contributed by atoms with Gasteiger partial charge in [-0.15, -0.1) is 0 Å². The van der Waals surface area contributed by atoms with Crippen LogP contribution >= 0.6 is 0 Å². The van der Waals surface area contributed by atoms with E-state index >= 15 is 0 Å². The number of carbonyl (C=O) groups excluding carboxylic acids is 1. The monoisotopic (exact) mass is 186 g/mol. The molecule has 4 heteroatoms. The van der Waals surface area contributed by atoms with E-state index in [-0.39, 0.29) is 5.76 Å². The topological polar surface area (TPSA) is 66.6 Å². The zero-order valence-electron chi connectivity index (χ0n) is 7.18. The molecule has 1 aromatic heterocycles. The van der Waals surface area contributed by atoms with Crippen LogP contribution in [0.3, 0.4) is 0 Å². The highest BCUT2D eigenvalue weighted by atomic mass is 16.3. The van der Waals surface area contributed by atoms with Gasteiger partial charge in [-0.3, -0.25) is 4.79 Å². The van der Waals surface area contributed by atoms with E-state index in [1.165, 1.54) is 0 Å². The lowest BCUT2D eigenvalue weighted by atomic mass is 10.2. The third-order valence-electron chi connectivity index (χ3n) is 1.84. The molecule has 0 aliphatic heterocycles. The van der Waals surface area contributed by atoms with Crippen molar-refractivity contribution in [3.63, 3.8) is 0 Å². The number of hydrogen-bond donors (Lipinski definition) is 0. The summed E-state index contributed by atoms with van der Waals surface area (Å²) in [5.41, 5.74) is 8.82. The fourth-order valence-electron chi connectivity index (χ4n) is 1.22. The van der Waals surface area contributed by atoms with Gasteiger partial charge in [0.15, 0.2) is 5.76 Å². The second kappa shape index (κ2) is 3.28. The first-order chi connectivity index (χ1) is 6.81. The Morgan fingerprint density at radius 1 is 1.43 bits per heavy atom. The number of ketones is 1. The molecule has 0 amide bonds. The van der Waals surface area contributed by atoms with Crippen LogP contribution in [0.25, 0.3) is 16.5 Å². The molecular formula is C10H6N2O2. The van der Waals surface area contributed by atoms with Crippen LogP contribution in [0.15, 0.2) is 34.7 Å². The fraction of sp³-hybridized carbons (Fsp3) is 0. The van der Waals surface area contributed by atoms with Crippen LogP contribution in [-0.4, -0.2) is 16.8 Å². The molecule has 14 heavy (non-hydrogen) atoms. The van der Waals surface area contributed by atoms with Gasteiger partial charge in [0.25, 0.3) is 0 Å². The van der Waals surface area contributed by atoms with E-state index in [1.807, 2.05) is 18.2 Å². The average Bonchev–Trinajstić information content (AvgIpc) is 2.61. The van der Waals surface area contributed by atoms with Crippen molar-refractivity contribution in [2.45, 2.75) is 0 Å². The van der Waals surface area contributed by atoms with Gasteiger partial charge >= 0.3 is 12.0 Å². The van der Waals surface area contributed by atoms with Crippen molar-refractivity contribution < 1.29 is 14.0 Å². The Kier molecular flexibility index (Phi) is 1.97. The van der Waals surface area contributed by atoms with Crippen LogP contribution in [0.5, 0.6) is 0 Å². The lowest BCUT2D eigenvalue weighted by Crippen LogP contribution is -1.97. The van der Waals surface area contributed by atoms with Crippen molar-refractivity contribution in [1.29, 1.82) is 0 Å². The Morgan fingerprint density at radius 3 is 2.93 bits per heavy atom. The van der Waals surface area contributed by atoms with Gasteiger partial charge in [0.05, 0.1) is 0 Å². The van der Waals surface area contributed by atoms with Crippen LogP contribution in [0, 0.1) is 0 Å². The molecule has 0 bridgehead atoms. The molecule has 0 aliphatic rings. The van der Waals surface area contributed by atoms with E-state index in [2.05, 4.69) is 4.79 Å². The molecule has 0 radical (unpaired) electrons. The molecular weight excluding hydrogens is 180 g/mol. The number of carbonyl (C=O) groups is 1. The summed E-state index contributed by atoms with van der Waals surface area (Å²) in [5.74, 6) is -0.285. The number of furan rings is 1. The summed E-state index contributed by atoms with van der Waals surface area (Å²) in [6.07, 6.45) is 0.803. The number of para-hydroxylation sites is 1. The maximum absolute atomic E-state index is 11.2. The predicted molar refractivity (Wildman–Crippen MR) is 50.2 cm³/mol. The zero-order chi connectivity index (χ0) is 9.97. The lowest BCUT2D eigenvalue weighted by molar-refractivity contribution is 0.00211. The van der Waals surface area contributed by atoms with Crippen LogP contribution < -0.4 is 0 Å². The van der Waals surface area contributed by atoms with Gasteiger partial charge < -0.3 is 9.95 Å². The number of benzene rings is 1. The Hall–Kier alpha value is -2.19. The average molecular weight is 186 g/mol. The van der Waals surface area contributed by atoms with Crippen molar-refractivity contribution in [3.05, 3.63) is 41.6 Å².